The van der Waals surface area contributed by atoms with E-state index in [1.807, 2.05) is 0 Å². The van der Waals surface area contributed by atoms with Crippen molar-refractivity contribution in [3.63, 3.8) is 0 Å². The fourth-order valence-electron chi connectivity index (χ4n) is 3.12. The molecule has 33 heavy (non-hydrogen) atoms. The molecule has 1 atom stereocenters. The summed E-state index contributed by atoms with van der Waals surface area (Å²) in [5.41, 5.74) is -0.121. The van der Waals surface area contributed by atoms with Gasteiger partial charge in [-0.2, -0.15) is 0 Å². The summed E-state index contributed by atoms with van der Waals surface area (Å²) in [4.78, 5) is 51.0. The maximum Gasteiger partial charge on any atom is 0.329 e. The molecule has 8 nitrogen and oxygen atoms in total. The molecule has 0 saturated carbocycles. The van der Waals surface area contributed by atoms with Gasteiger partial charge in [-0.15, -0.1) is 0 Å². The van der Waals surface area contributed by atoms with Gasteiger partial charge in [0.05, 0.1) is 43.5 Å². The molecule has 1 aliphatic heterocycles. The Morgan fingerprint density at radius 1 is 0.970 bits per heavy atom. The van der Waals surface area contributed by atoms with Gasteiger partial charge in [-0.3, -0.25) is 19.3 Å². The van der Waals surface area contributed by atoms with E-state index < -0.39 is 36.3 Å². The fraction of sp³-hybridized carbons (Fsp3) is 0.238. The summed E-state index contributed by atoms with van der Waals surface area (Å²) in [6.45, 7) is 2.79. The lowest BCUT2D eigenvalue weighted by atomic mass is 10.1. The molecule has 0 spiro atoms. The van der Waals surface area contributed by atoms with E-state index in [1.54, 1.807) is 31.2 Å². The van der Waals surface area contributed by atoms with Crippen molar-refractivity contribution in [1.29, 1.82) is 0 Å². The van der Waals surface area contributed by atoms with Gasteiger partial charge in [0.1, 0.15) is 11.8 Å². The lowest BCUT2D eigenvalue weighted by Crippen LogP contribution is -2.44. The van der Waals surface area contributed by atoms with Gasteiger partial charge >= 0.3 is 5.97 Å². The molecule has 0 fully saturated rings. The van der Waals surface area contributed by atoms with Crippen LogP contribution in [0.1, 0.15) is 34.6 Å². The van der Waals surface area contributed by atoms with Gasteiger partial charge in [-0.1, -0.05) is 58.5 Å². The van der Waals surface area contributed by atoms with Crippen molar-refractivity contribution in [2.45, 2.75) is 19.9 Å². The van der Waals surface area contributed by atoms with Crippen molar-refractivity contribution in [2.75, 3.05) is 18.5 Å². The minimum atomic E-state index is -1.38. The van der Waals surface area contributed by atoms with Crippen molar-refractivity contribution < 1.29 is 28.7 Å². The molecule has 174 valence electrons. The number of amides is 3. The van der Waals surface area contributed by atoms with E-state index >= 15 is 0 Å². The predicted octanol–water partition coefficient (Wildman–Crippen LogP) is 4.87. The SMILES string of the molecule is CCOc1ccccc1NC(=O)COC(=O)[C@@H](C)N1C(=O)c2c(Cl)c(Cl)c(Cl)c(Cl)c2C1=O. The number of hydrogen-bond acceptors (Lipinski definition) is 6. The summed E-state index contributed by atoms with van der Waals surface area (Å²) in [7, 11) is 0. The molecule has 2 aromatic carbocycles. The molecular weight excluding hydrogens is 518 g/mol. The van der Waals surface area contributed by atoms with Gasteiger partial charge in [-0.05, 0) is 26.0 Å². The van der Waals surface area contributed by atoms with Crippen LogP contribution in [0.3, 0.4) is 0 Å². The van der Waals surface area contributed by atoms with Gasteiger partial charge in [0.2, 0.25) is 0 Å². The van der Waals surface area contributed by atoms with Crippen LogP contribution < -0.4 is 10.1 Å². The third-order valence-corrected chi connectivity index (χ3v) is 6.47. The number of para-hydroxylation sites is 2. The lowest BCUT2D eigenvalue weighted by molar-refractivity contribution is -0.150. The highest BCUT2D eigenvalue weighted by Crippen LogP contribution is 2.45. The number of nitrogens with one attached hydrogen (secondary N) is 1. The van der Waals surface area contributed by atoms with E-state index in [-0.39, 0.29) is 31.2 Å². The van der Waals surface area contributed by atoms with E-state index in [4.69, 9.17) is 55.9 Å². The van der Waals surface area contributed by atoms with Crippen LogP contribution in [0.4, 0.5) is 5.69 Å². The van der Waals surface area contributed by atoms with Gasteiger partial charge in [0.15, 0.2) is 6.61 Å². The second kappa shape index (κ2) is 10.2. The average molecular weight is 534 g/mol. The Kier molecular flexibility index (Phi) is 7.74. The molecule has 0 bridgehead atoms. The third-order valence-electron chi connectivity index (χ3n) is 4.67. The van der Waals surface area contributed by atoms with E-state index in [0.29, 0.717) is 22.9 Å². The number of esters is 1. The monoisotopic (exact) mass is 532 g/mol. The molecule has 0 radical (unpaired) electrons. The van der Waals surface area contributed by atoms with Crippen LogP contribution in [0.25, 0.3) is 0 Å². The topological polar surface area (TPSA) is 102 Å². The largest absolute Gasteiger partial charge is 0.492 e. The number of halogens is 4. The van der Waals surface area contributed by atoms with Crippen LogP contribution in [-0.4, -0.2) is 47.8 Å². The predicted molar refractivity (Wildman–Crippen MR) is 124 cm³/mol. The molecule has 1 heterocycles. The number of benzene rings is 2. The molecule has 12 heteroatoms. The molecular formula is C21H16Cl4N2O6. The van der Waals surface area contributed by atoms with Crippen LogP contribution in [0.2, 0.25) is 20.1 Å². The Morgan fingerprint density at radius 2 is 1.52 bits per heavy atom. The van der Waals surface area contributed by atoms with Crippen LogP contribution in [0.5, 0.6) is 5.75 Å². The second-order valence-corrected chi connectivity index (χ2v) is 8.26. The van der Waals surface area contributed by atoms with Crippen molar-refractivity contribution >= 4 is 75.8 Å². The Labute approximate surface area is 208 Å². The first-order valence-corrected chi connectivity index (χ1v) is 11.0. The van der Waals surface area contributed by atoms with Crippen molar-refractivity contribution in [3.8, 4) is 5.75 Å². The molecule has 3 rings (SSSR count). The molecule has 0 saturated heterocycles. The summed E-state index contributed by atoms with van der Waals surface area (Å²) in [5, 5.41) is 1.67. The van der Waals surface area contributed by atoms with Gasteiger partial charge in [0.25, 0.3) is 17.7 Å². The smallest absolute Gasteiger partial charge is 0.329 e. The number of fused-ring (bicyclic) bond motifs is 1. The summed E-state index contributed by atoms with van der Waals surface area (Å²) in [6.07, 6.45) is 0. The zero-order valence-corrected chi connectivity index (χ0v) is 20.2. The van der Waals surface area contributed by atoms with E-state index in [1.165, 1.54) is 6.92 Å². The Bertz CT molecular complexity index is 1120. The van der Waals surface area contributed by atoms with Crippen LogP contribution >= 0.6 is 46.4 Å². The van der Waals surface area contributed by atoms with Gasteiger partial charge in [-0.25, -0.2) is 4.79 Å². The average Bonchev–Trinajstić information content (AvgIpc) is 3.05. The summed E-state index contributed by atoms with van der Waals surface area (Å²) >= 11 is 24.1. The minimum absolute atomic E-state index is 0.190. The van der Waals surface area contributed by atoms with Crippen LogP contribution in [0.15, 0.2) is 24.3 Å². The van der Waals surface area contributed by atoms with Crippen molar-refractivity contribution in [2.24, 2.45) is 0 Å². The van der Waals surface area contributed by atoms with E-state index in [9.17, 15) is 19.2 Å². The normalized spacial score (nSPS) is 13.6. The number of carbonyl (C=O) groups is 4. The second-order valence-electron chi connectivity index (χ2n) is 6.75. The first-order chi connectivity index (χ1) is 15.6. The molecule has 0 aromatic heterocycles. The zero-order chi connectivity index (χ0) is 24.4. The van der Waals surface area contributed by atoms with Gasteiger partial charge < -0.3 is 14.8 Å². The fourth-order valence-corrected chi connectivity index (χ4v) is 4.13. The molecule has 0 unspecified atom stereocenters. The summed E-state index contributed by atoms with van der Waals surface area (Å²) in [6, 6.07) is 5.35. The molecule has 1 aliphatic rings. The number of rotatable bonds is 7. The first-order valence-electron chi connectivity index (χ1n) is 9.52. The number of ether oxygens (including phenoxy) is 2. The zero-order valence-electron chi connectivity index (χ0n) is 17.2. The number of imide groups is 1. The number of carbonyl (C=O) groups excluding carboxylic acids is 4. The van der Waals surface area contributed by atoms with Crippen LogP contribution in [0, 0.1) is 0 Å². The van der Waals surface area contributed by atoms with Gasteiger partial charge in [0, 0.05) is 0 Å². The Balaban J connectivity index is 1.70. The highest BCUT2D eigenvalue weighted by Gasteiger charge is 2.45. The lowest BCUT2D eigenvalue weighted by Gasteiger charge is -2.21. The minimum Gasteiger partial charge on any atom is -0.492 e. The highest BCUT2D eigenvalue weighted by molar-refractivity contribution is 6.55. The van der Waals surface area contributed by atoms with Crippen molar-refractivity contribution in [1.82, 2.24) is 4.90 Å². The number of anilines is 1. The molecule has 1 N–H and O–H groups in total. The quantitative estimate of drug-likeness (QED) is 0.236. The molecule has 2 aromatic rings. The van der Waals surface area contributed by atoms with E-state index in [0.717, 1.165) is 0 Å². The van der Waals surface area contributed by atoms with E-state index in [2.05, 4.69) is 5.32 Å². The Morgan fingerprint density at radius 3 is 2.06 bits per heavy atom. The first kappa shape index (κ1) is 25.1. The van der Waals surface area contributed by atoms with Crippen LogP contribution in [-0.2, 0) is 14.3 Å². The maximum atomic E-state index is 12.8. The summed E-state index contributed by atoms with van der Waals surface area (Å²) in [5.74, 6) is -2.97. The molecule has 3 amide bonds. The standard InChI is InChI=1S/C21H16Cl4N2O6/c1-3-32-11-7-5-4-6-10(11)26-12(28)8-33-21(31)9(2)27-19(29)13-14(20(27)30)16(23)18(25)17(24)15(13)22/h4-7,9H,3,8H2,1-2H3,(H,26,28)/t9-/m1/s1. The third kappa shape index (κ3) is 4.75. The highest BCUT2D eigenvalue weighted by atomic mass is 35.5. The molecule has 0 aliphatic carbocycles. The number of nitrogens with zero attached hydrogens (tertiary/aromatic N) is 1. The number of hydrogen-bond donors (Lipinski definition) is 1. The summed E-state index contributed by atoms with van der Waals surface area (Å²) < 4.78 is 10.4. The van der Waals surface area contributed by atoms with Crippen molar-refractivity contribution in [3.05, 3.63) is 55.5 Å². The Hall–Kier alpha value is -2.52. The maximum absolute atomic E-state index is 12.8.